The summed E-state index contributed by atoms with van der Waals surface area (Å²) < 4.78 is 48.3. The van der Waals surface area contributed by atoms with Crippen molar-refractivity contribution in [3.8, 4) is 0 Å². The predicted molar refractivity (Wildman–Crippen MR) is 129 cm³/mol. The van der Waals surface area contributed by atoms with Gasteiger partial charge in [0.05, 0.1) is 15.1 Å². The van der Waals surface area contributed by atoms with Crippen molar-refractivity contribution in [3.63, 3.8) is 0 Å². The first-order valence-electron chi connectivity index (χ1n) is 9.30. The van der Waals surface area contributed by atoms with Gasteiger partial charge in [-0.05, 0) is 62.4 Å². The van der Waals surface area contributed by atoms with Crippen LogP contribution >= 0.6 is 15.9 Å². The number of Topliss-reactive ketones (excluding diaryl/α,β-unsaturated/α-hetero) is 1. The minimum atomic E-state index is -3.61. The molecule has 7 nitrogen and oxygen atoms in total. The normalized spacial score (nSPS) is 11.2. The number of nitrogens with one attached hydrogen (secondary N) is 1. The van der Waals surface area contributed by atoms with E-state index in [4.69, 9.17) is 5.14 Å². The van der Waals surface area contributed by atoms with Crippen LogP contribution in [-0.2, 0) is 20.0 Å². The van der Waals surface area contributed by atoms with Crippen molar-refractivity contribution in [2.45, 2.75) is 23.6 Å². The Bertz CT molecular complexity index is 1270. The molecule has 170 valence electrons. The van der Waals surface area contributed by atoms with E-state index in [-0.39, 0.29) is 20.9 Å². The molecular weight excluding hydrogens is 516 g/mol. The van der Waals surface area contributed by atoms with E-state index in [1.54, 1.807) is 60.7 Å². The number of anilines is 1. The van der Waals surface area contributed by atoms with Crippen LogP contribution in [0.4, 0.5) is 5.69 Å². The molecule has 3 rings (SSSR count). The summed E-state index contributed by atoms with van der Waals surface area (Å²) in [6.07, 6.45) is 0. The second kappa shape index (κ2) is 10.9. The van der Waals surface area contributed by atoms with Crippen LogP contribution in [-0.4, -0.2) is 27.9 Å². The Morgan fingerprint density at radius 1 is 0.781 bits per heavy atom. The van der Waals surface area contributed by atoms with Crippen molar-refractivity contribution in [1.29, 1.82) is 0 Å². The van der Waals surface area contributed by atoms with E-state index < -0.39 is 20.0 Å². The number of sulfonamides is 2. The average Bonchev–Trinajstić information content (AvgIpc) is 2.74. The van der Waals surface area contributed by atoms with Gasteiger partial charge in [-0.25, -0.2) is 22.0 Å². The lowest BCUT2D eigenvalue weighted by Crippen LogP contribution is -2.13. The minimum absolute atomic E-state index is 0.0528. The van der Waals surface area contributed by atoms with Crippen LogP contribution in [0.3, 0.4) is 0 Å². The molecule has 10 heteroatoms. The minimum Gasteiger partial charge on any atom is -0.293 e. The molecule has 0 unspecified atom stereocenters. The number of alkyl halides is 1. The van der Waals surface area contributed by atoms with Crippen LogP contribution in [0.1, 0.15) is 21.5 Å². The van der Waals surface area contributed by atoms with Crippen LogP contribution in [0.25, 0.3) is 0 Å². The van der Waals surface area contributed by atoms with Crippen LogP contribution < -0.4 is 9.86 Å². The summed E-state index contributed by atoms with van der Waals surface area (Å²) in [5.74, 6) is -0.0528. The number of benzene rings is 3. The Kier molecular flexibility index (Phi) is 8.73. The molecule has 0 heterocycles. The molecule has 3 aromatic rings. The maximum absolute atomic E-state index is 12.2. The van der Waals surface area contributed by atoms with E-state index >= 15 is 0 Å². The third-order valence-electron chi connectivity index (χ3n) is 4.26. The Hall–Kier alpha value is -2.53. The molecule has 3 N–H and O–H groups in total. The van der Waals surface area contributed by atoms with Crippen molar-refractivity contribution < 1.29 is 21.6 Å². The lowest BCUT2D eigenvalue weighted by atomic mass is 10.1. The second-order valence-electron chi connectivity index (χ2n) is 6.91. The lowest BCUT2D eigenvalue weighted by Gasteiger charge is -2.08. The third kappa shape index (κ3) is 7.56. The number of carbonyl (C=O) groups is 1. The van der Waals surface area contributed by atoms with Crippen molar-refractivity contribution >= 4 is 47.4 Å². The molecule has 0 saturated heterocycles. The van der Waals surface area contributed by atoms with Crippen LogP contribution in [0, 0.1) is 13.8 Å². The number of hydrogen-bond acceptors (Lipinski definition) is 5. The molecule has 0 bridgehead atoms. The Balaban J connectivity index is 0.000000278. The monoisotopic (exact) mass is 538 g/mol. The number of aryl methyl sites for hydroxylation is 2. The molecule has 0 atom stereocenters. The smallest absolute Gasteiger partial charge is 0.261 e. The molecule has 0 amide bonds. The SMILES string of the molecule is Cc1ccc(S(=O)(=O)Nc2ccc(C(=O)CBr)cc2)cc1.Cc1ccc(S(N)(=O)=O)cc1. The van der Waals surface area contributed by atoms with Gasteiger partial charge in [0.25, 0.3) is 10.0 Å². The molecule has 3 aromatic carbocycles. The van der Waals surface area contributed by atoms with E-state index in [1.807, 2.05) is 13.8 Å². The summed E-state index contributed by atoms with van der Waals surface area (Å²) in [7, 11) is -7.13. The third-order valence-corrected chi connectivity index (χ3v) is 7.10. The molecule has 0 aromatic heterocycles. The zero-order valence-electron chi connectivity index (χ0n) is 17.4. The van der Waals surface area contributed by atoms with Gasteiger partial charge >= 0.3 is 0 Å². The summed E-state index contributed by atoms with van der Waals surface area (Å²) in [6, 6.07) is 19.3. The highest BCUT2D eigenvalue weighted by molar-refractivity contribution is 9.09. The summed E-state index contributed by atoms with van der Waals surface area (Å²) in [5.41, 5.74) is 2.95. The Labute approximate surface area is 196 Å². The van der Waals surface area contributed by atoms with Gasteiger partial charge < -0.3 is 0 Å². The van der Waals surface area contributed by atoms with Crippen molar-refractivity contribution in [2.75, 3.05) is 10.1 Å². The number of carbonyl (C=O) groups excluding carboxylic acids is 1. The van der Waals surface area contributed by atoms with Gasteiger partial charge in [0.15, 0.2) is 5.78 Å². The highest BCUT2D eigenvalue weighted by Crippen LogP contribution is 2.17. The molecule has 0 spiro atoms. The van der Waals surface area contributed by atoms with Gasteiger partial charge in [-0.15, -0.1) is 0 Å². The number of halogens is 1. The van der Waals surface area contributed by atoms with Gasteiger partial charge in [-0.2, -0.15) is 0 Å². The van der Waals surface area contributed by atoms with Crippen LogP contribution in [0.2, 0.25) is 0 Å². The fraction of sp³-hybridized carbons (Fsp3) is 0.136. The summed E-state index contributed by atoms with van der Waals surface area (Å²) in [4.78, 5) is 11.8. The number of hydrogen-bond donors (Lipinski definition) is 2. The van der Waals surface area contributed by atoms with Gasteiger partial charge in [0, 0.05) is 11.3 Å². The van der Waals surface area contributed by atoms with Gasteiger partial charge in [0.1, 0.15) is 0 Å². The lowest BCUT2D eigenvalue weighted by molar-refractivity contribution is 0.102. The van der Waals surface area contributed by atoms with Crippen molar-refractivity contribution in [3.05, 3.63) is 89.5 Å². The molecule has 0 aliphatic carbocycles. The van der Waals surface area contributed by atoms with E-state index in [0.717, 1.165) is 11.1 Å². The topological polar surface area (TPSA) is 123 Å². The Morgan fingerprint density at radius 2 is 1.22 bits per heavy atom. The van der Waals surface area contributed by atoms with Gasteiger partial charge in [-0.3, -0.25) is 9.52 Å². The highest BCUT2D eigenvalue weighted by atomic mass is 79.9. The largest absolute Gasteiger partial charge is 0.293 e. The first kappa shape index (κ1) is 25.7. The highest BCUT2D eigenvalue weighted by Gasteiger charge is 2.14. The fourth-order valence-corrected chi connectivity index (χ4v) is 4.36. The zero-order chi connectivity index (χ0) is 23.9. The van der Waals surface area contributed by atoms with E-state index in [9.17, 15) is 21.6 Å². The molecule has 0 saturated carbocycles. The number of primary sulfonamides is 1. The van der Waals surface area contributed by atoms with E-state index in [0.29, 0.717) is 11.3 Å². The second-order valence-corrected chi connectivity index (χ2v) is 10.7. The van der Waals surface area contributed by atoms with Crippen molar-refractivity contribution in [1.82, 2.24) is 0 Å². The summed E-state index contributed by atoms with van der Waals surface area (Å²) >= 11 is 3.09. The first-order valence-corrected chi connectivity index (χ1v) is 13.5. The number of ketones is 1. The number of rotatable bonds is 6. The van der Waals surface area contributed by atoms with Gasteiger partial charge in [-0.1, -0.05) is 51.3 Å². The van der Waals surface area contributed by atoms with E-state index in [1.165, 1.54) is 12.1 Å². The zero-order valence-corrected chi connectivity index (χ0v) is 20.7. The maximum atomic E-state index is 12.2. The Morgan fingerprint density at radius 3 is 1.62 bits per heavy atom. The van der Waals surface area contributed by atoms with Crippen molar-refractivity contribution in [2.24, 2.45) is 5.14 Å². The standard InChI is InChI=1S/C15H14BrNO3S.C7H9NO2S/c1-11-2-8-14(9-3-11)21(19,20)17-13-6-4-12(5-7-13)15(18)10-16;1-6-2-4-7(5-3-6)11(8,9)10/h2-9,17H,10H2,1H3;2-5H,1H3,(H2,8,9,10). The summed E-state index contributed by atoms with van der Waals surface area (Å²) in [5, 5.41) is 5.12. The first-order chi connectivity index (χ1) is 14.9. The molecule has 0 radical (unpaired) electrons. The maximum Gasteiger partial charge on any atom is 0.261 e. The molecule has 0 aliphatic heterocycles. The number of nitrogens with two attached hydrogens (primary N) is 1. The molecular formula is C22H23BrN2O5S2. The molecule has 0 aliphatic rings. The predicted octanol–water partition coefficient (Wildman–Crippen LogP) is 4.02. The molecule has 0 fully saturated rings. The average molecular weight is 539 g/mol. The quantitative estimate of drug-likeness (QED) is 0.362. The van der Waals surface area contributed by atoms with E-state index in [2.05, 4.69) is 20.7 Å². The molecule has 32 heavy (non-hydrogen) atoms. The fourth-order valence-electron chi connectivity index (χ4n) is 2.46. The van der Waals surface area contributed by atoms with Crippen LogP contribution in [0.5, 0.6) is 0 Å². The van der Waals surface area contributed by atoms with Gasteiger partial charge in [0.2, 0.25) is 10.0 Å². The van der Waals surface area contributed by atoms with Crippen LogP contribution in [0.15, 0.2) is 82.6 Å². The summed E-state index contributed by atoms with van der Waals surface area (Å²) in [6.45, 7) is 3.77.